The lowest BCUT2D eigenvalue weighted by Gasteiger charge is -2.11. The third-order valence-electron chi connectivity index (χ3n) is 3.68. The second kappa shape index (κ2) is 8.53. The quantitative estimate of drug-likeness (QED) is 0.644. The maximum Gasteiger partial charge on any atom is 0.234 e. The molecule has 1 N–H and O–H groups in total. The van der Waals surface area contributed by atoms with Crippen LogP contribution in [0.25, 0.3) is 5.69 Å². The van der Waals surface area contributed by atoms with Gasteiger partial charge in [-0.3, -0.25) is 9.36 Å². The van der Waals surface area contributed by atoms with Crippen LogP contribution in [-0.2, 0) is 4.79 Å². The summed E-state index contributed by atoms with van der Waals surface area (Å²) in [6.45, 7) is 4.48. The normalized spacial score (nSPS) is 10.5. The molecule has 0 spiro atoms. The van der Waals surface area contributed by atoms with Crippen molar-refractivity contribution < 1.29 is 9.53 Å². The van der Waals surface area contributed by atoms with Crippen LogP contribution in [0.5, 0.6) is 5.75 Å². The highest BCUT2D eigenvalue weighted by molar-refractivity contribution is 7.99. The van der Waals surface area contributed by atoms with Gasteiger partial charge in [0.15, 0.2) is 5.16 Å². The summed E-state index contributed by atoms with van der Waals surface area (Å²) in [5.74, 6) is 0.767. The van der Waals surface area contributed by atoms with Crippen molar-refractivity contribution in [1.29, 1.82) is 0 Å². The number of aromatic nitrogens is 3. The van der Waals surface area contributed by atoms with Crippen LogP contribution in [0, 0.1) is 6.92 Å². The number of benzene rings is 2. The molecule has 0 aliphatic rings. The van der Waals surface area contributed by atoms with E-state index < -0.39 is 0 Å². The monoisotopic (exact) mass is 368 g/mol. The topological polar surface area (TPSA) is 69.0 Å². The van der Waals surface area contributed by atoms with Crippen molar-refractivity contribution >= 4 is 23.4 Å². The van der Waals surface area contributed by atoms with E-state index in [0.29, 0.717) is 23.2 Å². The van der Waals surface area contributed by atoms with Crippen molar-refractivity contribution in [3.63, 3.8) is 0 Å². The van der Waals surface area contributed by atoms with Crippen LogP contribution in [-0.4, -0.2) is 33.0 Å². The van der Waals surface area contributed by atoms with E-state index in [4.69, 9.17) is 4.74 Å². The van der Waals surface area contributed by atoms with E-state index in [0.717, 1.165) is 11.3 Å². The molecule has 134 valence electrons. The standard InChI is InChI=1S/C19H20N4O2S/c1-3-25-17-11-7-5-9-15(17)21-18(24)12-26-19-22-20-13-23(19)16-10-6-4-8-14(16)2/h4-11,13H,3,12H2,1-2H3,(H,21,24). The molecule has 1 amide bonds. The average molecular weight is 368 g/mol. The number of hydrogen-bond acceptors (Lipinski definition) is 5. The molecule has 2 aromatic carbocycles. The molecule has 26 heavy (non-hydrogen) atoms. The Morgan fingerprint density at radius 2 is 1.96 bits per heavy atom. The number of hydrogen-bond donors (Lipinski definition) is 1. The van der Waals surface area contributed by atoms with E-state index in [-0.39, 0.29) is 11.7 Å². The van der Waals surface area contributed by atoms with Gasteiger partial charge in [-0.05, 0) is 37.6 Å². The van der Waals surface area contributed by atoms with Crippen molar-refractivity contribution in [2.24, 2.45) is 0 Å². The lowest BCUT2D eigenvalue weighted by molar-refractivity contribution is -0.113. The first kappa shape index (κ1) is 18.0. The van der Waals surface area contributed by atoms with Crippen molar-refractivity contribution in [2.75, 3.05) is 17.7 Å². The highest BCUT2D eigenvalue weighted by Crippen LogP contribution is 2.25. The molecule has 6 nitrogen and oxygen atoms in total. The summed E-state index contributed by atoms with van der Waals surface area (Å²) in [6, 6.07) is 15.4. The minimum Gasteiger partial charge on any atom is -0.492 e. The van der Waals surface area contributed by atoms with Crippen LogP contribution >= 0.6 is 11.8 Å². The summed E-state index contributed by atoms with van der Waals surface area (Å²) in [5.41, 5.74) is 2.78. The Bertz CT molecular complexity index is 895. The SMILES string of the molecule is CCOc1ccccc1NC(=O)CSc1nncn1-c1ccccc1C. The molecule has 0 aliphatic carbocycles. The summed E-state index contributed by atoms with van der Waals surface area (Å²) < 4.78 is 7.42. The number of para-hydroxylation sites is 3. The zero-order valence-electron chi connectivity index (χ0n) is 14.7. The van der Waals surface area contributed by atoms with Gasteiger partial charge in [0.2, 0.25) is 5.91 Å². The molecule has 1 heterocycles. The number of aryl methyl sites for hydroxylation is 1. The number of anilines is 1. The molecular formula is C19H20N4O2S. The fourth-order valence-electron chi connectivity index (χ4n) is 2.49. The van der Waals surface area contributed by atoms with Crippen molar-refractivity contribution in [3.05, 3.63) is 60.4 Å². The summed E-state index contributed by atoms with van der Waals surface area (Å²) in [5, 5.41) is 11.7. The van der Waals surface area contributed by atoms with Gasteiger partial charge in [-0.1, -0.05) is 42.1 Å². The van der Waals surface area contributed by atoms with Gasteiger partial charge in [-0.25, -0.2) is 0 Å². The summed E-state index contributed by atoms with van der Waals surface area (Å²) in [7, 11) is 0. The highest BCUT2D eigenvalue weighted by atomic mass is 32.2. The smallest absolute Gasteiger partial charge is 0.234 e. The molecule has 7 heteroatoms. The number of rotatable bonds is 7. The van der Waals surface area contributed by atoms with Crippen molar-refractivity contribution in [1.82, 2.24) is 14.8 Å². The lowest BCUT2D eigenvalue weighted by atomic mass is 10.2. The molecule has 3 aromatic rings. The third kappa shape index (κ3) is 4.23. The summed E-state index contributed by atoms with van der Waals surface area (Å²) >= 11 is 1.34. The minimum atomic E-state index is -0.124. The molecule has 0 atom stereocenters. The predicted octanol–water partition coefficient (Wildman–Crippen LogP) is 3.71. The molecule has 3 rings (SSSR count). The Kier molecular flexibility index (Phi) is 5.91. The molecule has 0 radical (unpaired) electrons. The fraction of sp³-hybridized carbons (Fsp3) is 0.211. The van der Waals surface area contributed by atoms with Crippen LogP contribution < -0.4 is 10.1 Å². The second-order valence-corrected chi connectivity index (χ2v) is 6.48. The maximum absolute atomic E-state index is 12.3. The Balaban J connectivity index is 1.67. The average Bonchev–Trinajstić information content (AvgIpc) is 3.10. The zero-order valence-corrected chi connectivity index (χ0v) is 15.5. The van der Waals surface area contributed by atoms with Gasteiger partial charge >= 0.3 is 0 Å². The number of ether oxygens (including phenoxy) is 1. The van der Waals surface area contributed by atoms with Gasteiger partial charge in [0, 0.05) is 0 Å². The van der Waals surface area contributed by atoms with E-state index >= 15 is 0 Å². The molecule has 0 saturated heterocycles. The summed E-state index contributed by atoms with van der Waals surface area (Å²) in [4.78, 5) is 12.3. The second-order valence-electron chi connectivity index (χ2n) is 5.54. The zero-order chi connectivity index (χ0) is 18.4. The molecule has 1 aromatic heterocycles. The van der Waals surface area contributed by atoms with Crippen LogP contribution in [0.2, 0.25) is 0 Å². The van der Waals surface area contributed by atoms with E-state index in [2.05, 4.69) is 15.5 Å². The lowest BCUT2D eigenvalue weighted by Crippen LogP contribution is -2.15. The minimum absolute atomic E-state index is 0.124. The molecular weight excluding hydrogens is 348 g/mol. The van der Waals surface area contributed by atoms with Crippen LogP contribution in [0.1, 0.15) is 12.5 Å². The predicted molar refractivity (Wildman–Crippen MR) is 103 cm³/mol. The molecule has 0 bridgehead atoms. The van der Waals surface area contributed by atoms with E-state index in [1.165, 1.54) is 11.8 Å². The first-order valence-electron chi connectivity index (χ1n) is 8.29. The van der Waals surface area contributed by atoms with Crippen molar-refractivity contribution in [3.8, 4) is 11.4 Å². The summed E-state index contributed by atoms with van der Waals surface area (Å²) in [6.07, 6.45) is 1.66. The highest BCUT2D eigenvalue weighted by Gasteiger charge is 2.12. The number of nitrogens with one attached hydrogen (secondary N) is 1. The number of nitrogens with zero attached hydrogens (tertiary/aromatic N) is 3. The molecule has 0 fully saturated rings. The van der Waals surface area contributed by atoms with E-state index in [1.54, 1.807) is 6.33 Å². The van der Waals surface area contributed by atoms with Crippen LogP contribution in [0.3, 0.4) is 0 Å². The first-order valence-corrected chi connectivity index (χ1v) is 9.28. The Labute approximate surface area is 156 Å². The van der Waals surface area contributed by atoms with Gasteiger partial charge in [0.25, 0.3) is 0 Å². The van der Waals surface area contributed by atoms with Gasteiger partial charge in [-0.2, -0.15) is 0 Å². The van der Waals surface area contributed by atoms with E-state index in [9.17, 15) is 4.79 Å². The Morgan fingerprint density at radius 1 is 1.19 bits per heavy atom. The molecule has 0 aliphatic heterocycles. The number of carbonyl (C=O) groups excluding carboxylic acids is 1. The van der Waals surface area contributed by atoms with Crippen LogP contribution in [0.15, 0.2) is 60.0 Å². The number of amides is 1. The van der Waals surface area contributed by atoms with Gasteiger partial charge in [-0.15, -0.1) is 10.2 Å². The largest absolute Gasteiger partial charge is 0.492 e. The number of thioether (sulfide) groups is 1. The Hall–Kier alpha value is -2.80. The Morgan fingerprint density at radius 3 is 2.77 bits per heavy atom. The first-order chi connectivity index (χ1) is 12.7. The number of carbonyl (C=O) groups is 1. The third-order valence-corrected chi connectivity index (χ3v) is 4.63. The molecule has 0 unspecified atom stereocenters. The van der Waals surface area contributed by atoms with Crippen LogP contribution in [0.4, 0.5) is 5.69 Å². The van der Waals surface area contributed by atoms with E-state index in [1.807, 2.05) is 66.9 Å². The fourth-order valence-corrected chi connectivity index (χ4v) is 3.21. The van der Waals surface area contributed by atoms with Gasteiger partial charge in [0.1, 0.15) is 12.1 Å². The maximum atomic E-state index is 12.3. The van der Waals surface area contributed by atoms with Gasteiger partial charge < -0.3 is 10.1 Å². The van der Waals surface area contributed by atoms with Gasteiger partial charge in [0.05, 0.1) is 23.7 Å². The molecule has 0 saturated carbocycles. The van der Waals surface area contributed by atoms with Crippen molar-refractivity contribution in [2.45, 2.75) is 19.0 Å².